The minimum Gasteiger partial charge on any atom is -0.497 e. The van der Waals surface area contributed by atoms with E-state index in [9.17, 15) is 4.79 Å². The van der Waals surface area contributed by atoms with Crippen LogP contribution in [0.25, 0.3) is 0 Å². The molecule has 0 saturated heterocycles. The van der Waals surface area contributed by atoms with Crippen LogP contribution in [-0.2, 0) is 4.79 Å². The molecule has 1 amide bonds. The van der Waals surface area contributed by atoms with Crippen molar-refractivity contribution >= 4 is 5.91 Å². The highest BCUT2D eigenvalue weighted by molar-refractivity contribution is 5.79. The maximum atomic E-state index is 12.6. The average molecular weight is 329 g/mol. The van der Waals surface area contributed by atoms with Crippen molar-refractivity contribution in [1.29, 1.82) is 0 Å². The van der Waals surface area contributed by atoms with Crippen molar-refractivity contribution in [2.24, 2.45) is 29.6 Å². The van der Waals surface area contributed by atoms with Crippen LogP contribution in [0.15, 0.2) is 24.3 Å². The minimum absolute atomic E-state index is 0.263. The van der Waals surface area contributed by atoms with Gasteiger partial charge in [0.25, 0.3) is 0 Å². The molecule has 24 heavy (non-hydrogen) atoms. The number of hydrogen-bond donors (Lipinski definition) is 1. The second-order valence-corrected chi connectivity index (χ2v) is 7.77. The quantitative estimate of drug-likeness (QED) is 0.815. The number of hydrogen-bond acceptors (Lipinski definition) is 3. The fourth-order valence-corrected chi connectivity index (χ4v) is 5.49. The van der Waals surface area contributed by atoms with Crippen LogP contribution in [0.1, 0.15) is 32.1 Å². The lowest BCUT2D eigenvalue weighted by molar-refractivity contribution is -0.138. The monoisotopic (exact) mass is 329 g/mol. The Morgan fingerprint density at radius 2 is 1.58 bits per heavy atom. The van der Waals surface area contributed by atoms with Crippen LogP contribution >= 0.6 is 0 Å². The number of methoxy groups -OCH3 is 1. The summed E-state index contributed by atoms with van der Waals surface area (Å²) in [5.41, 5.74) is 0. The molecule has 1 N–H and O–H groups in total. The Kier molecular flexibility index (Phi) is 4.38. The van der Waals surface area contributed by atoms with Crippen molar-refractivity contribution < 1.29 is 14.3 Å². The van der Waals surface area contributed by atoms with Crippen molar-refractivity contribution in [3.8, 4) is 11.5 Å². The maximum Gasteiger partial charge on any atom is 0.223 e. The van der Waals surface area contributed by atoms with Gasteiger partial charge in [-0.1, -0.05) is 0 Å². The SMILES string of the molecule is COc1ccc(OCCNC(=O)C2C3CC4CC(C3)CC2C4)cc1. The minimum atomic E-state index is 0.263. The van der Waals surface area contributed by atoms with Crippen LogP contribution in [-0.4, -0.2) is 26.2 Å². The maximum absolute atomic E-state index is 12.6. The molecule has 5 rings (SSSR count). The van der Waals surface area contributed by atoms with E-state index in [4.69, 9.17) is 9.47 Å². The topological polar surface area (TPSA) is 47.6 Å². The molecule has 4 fully saturated rings. The summed E-state index contributed by atoms with van der Waals surface area (Å²) >= 11 is 0. The predicted octanol–water partition coefficient (Wildman–Crippen LogP) is 3.26. The molecule has 4 aliphatic rings. The number of amides is 1. The third-order valence-corrected chi connectivity index (χ3v) is 6.26. The third-order valence-electron chi connectivity index (χ3n) is 6.26. The Balaban J connectivity index is 1.23. The number of nitrogens with one attached hydrogen (secondary N) is 1. The summed E-state index contributed by atoms with van der Waals surface area (Å²) in [6, 6.07) is 7.53. The van der Waals surface area contributed by atoms with E-state index >= 15 is 0 Å². The number of rotatable bonds is 6. The van der Waals surface area contributed by atoms with Gasteiger partial charge in [0.2, 0.25) is 5.91 Å². The lowest BCUT2D eigenvalue weighted by Gasteiger charge is -2.53. The van der Waals surface area contributed by atoms with Gasteiger partial charge in [-0.05, 0) is 80.0 Å². The normalized spacial score (nSPS) is 33.3. The first-order valence-corrected chi connectivity index (χ1v) is 9.27. The zero-order chi connectivity index (χ0) is 16.5. The first-order valence-electron chi connectivity index (χ1n) is 9.27. The third kappa shape index (κ3) is 3.11. The molecule has 0 aliphatic heterocycles. The molecule has 0 spiro atoms. The number of carbonyl (C=O) groups is 1. The largest absolute Gasteiger partial charge is 0.497 e. The first kappa shape index (κ1) is 15.8. The number of benzene rings is 1. The highest BCUT2D eigenvalue weighted by atomic mass is 16.5. The van der Waals surface area contributed by atoms with Crippen LogP contribution in [0, 0.1) is 29.6 Å². The average Bonchev–Trinajstić information content (AvgIpc) is 2.58. The number of carbonyl (C=O) groups excluding carboxylic acids is 1. The molecule has 1 aromatic carbocycles. The Morgan fingerprint density at radius 3 is 2.17 bits per heavy atom. The van der Waals surface area contributed by atoms with Crippen LogP contribution < -0.4 is 14.8 Å². The highest BCUT2D eigenvalue weighted by Gasteiger charge is 2.50. The molecule has 4 nitrogen and oxygen atoms in total. The molecule has 0 radical (unpaired) electrons. The summed E-state index contributed by atoms with van der Waals surface area (Å²) in [5, 5.41) is 3.11. The first-order chi connectivity index (χ1) is 11.7. The molecule has 0 aromatic heterocycles. The van der Waals surface area contributed by atoms with Gasteiger partial charge in [0.05, 0.1) is 13.7 Å². The van der Waals surface area contributed by atoms with Crippen molar-refractivity contribution in [2.45, 2.75) is 32.1 Å². The Labute approximate surface area is 143 Å². The molecule has 1 aromatic rings. The van der Waals surface area contributed by atoms with E-state index in [0.717, 1.165) is 23.3 Å². The Morgan fingerprint density at radius 1 is 1.00 bits per heavy atom. The van der Waals surface area contributed by atoms with Crippen LogP contribution in [0.3, 0.4) is 0 Å². The van der Waals surface area contributed by atoms with Gasteiger partial charge >= 0.3 is 0 Å². The smallest absolute Gasteiger partial charge is 0.223 e. The van der Waals surface area contributed by atoms with Gasteiger partial charge in [-0.15, -0.1) is 0 Å². The fraction of sp³-hybridized carbons (Fsp3) is 0.650. The molecule has 130 valence electrons. The summed E-state index contributed by atoms with van der Waals surface area (Å²) in [5.74, 6) is 5.26. The molecule has 4 saturated carbocycles. The lowest BCUT2D eigenvalue weighted by atomic mass is 9.51. The lowest BCUT2D eigenvalue weighted by Crippen LogP contribution is -2.51. The molecule has 4 heteroatoms. The zero-order valence-electron chi connectivity index (χ0n) is 14.4. The molecular weight excluding hydrogens is 302 g/mol. The van der Waals surface area contributed by atoms with Crippen molar-refractivity contribution in [1.82, 2.24) is 5.32 Å². The predicted molar refractivity (Wildman–Crippen MR) is 92.0 cm³/mol. The molecule has 0 unspecified atom stereocenters. The summed E-state index contributed by atoms with van der Waals surface area (Å²) in [4.78, 5) is 12.6. The van der Waals surface area contributed by atoms with E-state index in [1.54, 1.807) is 7.11 Å². The molecule has 0 heterocycles. The molecule has 4 aliphatic carbocycles. The van der Waals surface area contributed by atoms with Crippen LogP contribution in [0.4, 0.5) is 0 Å². The van der Waals surface area contributed by atoms with Gasteiger partial charge in [-0.2, -0.15) is 0 Å². The van der Waals surface area contributed by atoms with Gasteiger partial charge in [0, 0.05) is 5.92 Å². The summed E-state index contributed by atoms with van der Waals surface area (Å²) in [7, 11) is 1.65. The summed E-state index contributed by atoms with van der Waals surface area (Å²) < 4.78 is 10.8. The summed E-state index contributed by atoms with van der Waals surface area (Å²) in [6.07, 6.45) is 6.57. The second-order valence-electron chi connectivity index (χ2n) is 7.77. The van der Waals surface area contributed by atoms with Crippen LogP contribution in [0.5, 0.6) is 11.5 Å². The Hall–Kier alpha value is -1.71. The van der Waals surface area contributed by atoms with E-state index in [1.165, 1.54) is 32.1 Å². The molecular formula is C20H27NO3. The van der Waals surface area contributed by atoms with Crippen molar-refractivity contribution in [3.05, 3.63) is 24.3 Å². The summed E-state index contributed by atoms with van der Waals surface area (Å²) in [6.45, 7) is 1.08. The Bertz CT molecular complexity index is 555. The van der Waals surface area contributed by atoms with E-state index in [2.05, 4.69) is 5.32 Å². The van der Waals surface area contributed by atoms with Gasteiger partial charge in [-0.3, -0.25) is 4.79 Å². The fourth-order valence-electron chi connectivity index (χ4n) is 5.49. The van der Waals surface area contributed by atoms with Gasteiger partial charge in [-0.25, -0.2) is 0 Å². The molecule has 0 atom stereocenters. The zero-order valence-corrected chi connectivity index (χ0v) is 14.4. The van der Waals surface area contributed by atoms with E-state index in [0.29, 0.717) is 25.0 Å². The van der Waals surface area contributed by atoms with Gasteiger partial charge < -0.3 is 14.8 Å². The van der Waals surface area contributed by atoms with Crippen molar-refractivity contribution in [3.63, 3.8) is 0 Å². The molecule has 4 bridgehead atoms. The van der Waals surface area contributed by atoms with E-state index < -0.39 is 0 Å². The van der Waals surface area contributed by atoms with Gasteiger partial charge in [0.1, 0.15) is 18.1 Å². The van der Waals surface area contributed by atoms with Crippen molar-refractivity contribution in [2.75, 3.05) is 20.3 Å². The van der Waals surface area contributed by atoms with E-state index in [-0.39, 0.29) is 11.8 Å². The van der Waals surface area contributed by atoms with E-state index in [1.807, 2.05) is 24.3 Å². The number of ether oxygens (including phenoxy) is 2. The standard InChI is InChI=1S/C20H27NO3/c1-23-17-2-4-18(5-3-17)24-7-6-21-20(22)19-15-9-13-8-14(11-15)12-16(19)10-13/h2-5,13-16,19H,6-12H2,1H3,(H,21,22). The highest BCUT2D eigenvalue weighted by Crippen LogP contribution is 2.56. The van der Waals surface area contributed by atoms with Crippen LogP contribution in [0.2, 0.25) is 0 Å². The van der Waals surface area contributed by atoms with Gasteiger partial charge in [0.15, 0.2) is 0 Å². The second kappa shape index (κ2) is 6.66.